The van der Waals surface area contributed by atoms with Gasteiger partial charge in [-0.15, -0.1) is 44.3 Å². The molecular weight excluding hydrogens is 1450 g/mol. The zero-order valence-corrected chi connectivity index (χ0v) is 88.9. The van der Waals surface area contributed by atoms with Gasteiger partial charge >= 0.3 is 0 Å². The summed E-state index contributed by atoms with van der Waals surface area (Å²) in [5.41, 5.74) is 47.0. The van der Waals surface area contributed by atoms with Gasteiger partial charge in [0, 0.05) is 0 Å². The van der Waals surface area contributed by atoms with Crippen LogP contribution < -0.4 is 0 Å². The molecule has 0 nitrogen and oxygen atoms in total. The molecule has 0 aromatic rings. The Morgan fingerprint density at radius 3 is 0.245 bits per heavy atom. The van der Waals surface area contributed by atoms with Crippen molar-refractivity contribution in [3.63, 3.8) is 0 Å². The summed E-state index contributed by atoms with van der Waals surface area (Å²) >= 11 is 0. The van der Waals surface area contributed by atoms with Gasteiger partial charge in [-0.25, -0.2) is 0 Å². The van der Waals surface area contributed by atoms with E-state index in [1.54, 1.807) is 0 Å². The molecule has 0 aromatic heterocycles. The highest BCUT2D eigenvalue weighted by Gasteiger charge is 2.48. The van der Waals surface area contributed by atoms with Crippen molar-refractivity contribution in [3.05, 3.63) is 33.4 Å². The van der Waals surface area contributed by atoms with Gasteiger partial charge in [-0.3, -0.25) is 0 Å². The third-order valence-corrected chi connectivity index (χ3v) is 78.1. The summed E-state index contributed by atoms with van der Waals surface area (Å²) in [6.07, 6.45) is 0. The maximum atomic E-state index is 4.15. The van der Waals surface area contributed by atoms with Crippen molar-refractivity contribution in [1.29, 1.82) is 0 Å². The fourth-order valence-corrected chi connectivity index (χ4v) is 63.8. The van der Waals surface area contributed by atoms with E-state index in [0.717, 1.165) is 11.1 Å². The van der Waals surface area contributed by atoms with E-state index < -0.39 is 64.6 Å². The topological polar surface area (TPSA) is 0 Å². The van der Waals surface area contributed by atoms with Crippen LogP contribution in [0.25, 0.3) is 0 Å². The maximum Gasteiger partial charge on any atom is 0.146 e. The predicted molar refractivity (Wildman–Crippen MR) is 523 cm³/mol. The number of hydrogen-bond acceptors (Lipinski definition) is 0. The lowest BCUT2D eigenvalue weighted by Crippen LogP contribution is -2.43. The minimum absolute atomic E-state index is 0.385. The van der Waals surface area contributed by atoms with Gasteiger partial charge < -0.3 is 0 Å². The Labute approximate surface area is 697 Å². The van der Waals surface area contributed by atoms with Gasteiger partial charge in [0.2, 0.25) is 0 Å². The standard InChI is InChI=1S/C102H168Si8/c1-73(2)103(74(3)4,75(5)6)65-57-98(101(61-69-107(85(25)26,86(27)28)87(29)30)62-70-108(88(31)32,89(33)34)90(35)36)55-51-49-53-97(100(59-67-105(79(13)14,80(15)16)81(17)18)60-68-106(82(19)20,83(21)22)84(23)24)54-50-52-56-99(58-66-104(76(7)8,77(9)10)78(11)12)102(63-71-109(91(37)38,92(39)40)93(41)42)64-72-110(94(43)44,95(45)46)96(47)48/h73-96H,1-48H3. The van der Waals surface area contributed by atoms with Gasteiger partial charge in [-0.05, 0) is 180 Å². The number of hydrogen-bond donors (Lipinski definition) is 0. The SMILES string of the molecule is CC(C)[Si](C#CC(C#CC#CC(C#CC#CC(C#C[Si](C(C)C)(C(C)C)C(C)C)=C(C#C[Si](C(C)C)(C(C)C)C(C)C)C#C[Si](C(C)C)(C(C)C)C(C)C)=C(C#C[Si](C(C)C)(C(C)C)C(C)C)C#C[Si](C(C)C)(C(C)C)C(C)C)=C(C#C[Si](C(C)C)(C(C)C)C(C)C)C#C[Si](C(C)C)(C(C)C)C(C)C)(C(C)C)C(C)C. The van der Waals surface area contributed by atoms with Crippen molar-refractivity contribution < 1.29 is 0 Å². The average Bonchev–Trinajstić information content (AvgIpc) is 0.799. The van der Waals surface area contributed by atoms with E-state index in [0.29, 0.717) is 155 Å². The second-order valence-corrected chi connectivity index (χ2v) is 85.1. The molecule has 0 aliphatic rings. The van der Waals surface area contributed by atoms with Crippen LogP contribution in [0.15, 0.2) is 33.4 Å². The average molecular weight is 1620 g/mol. The molecule has 0 radical (unpaired) electrons. The molecular formula is C102H168Si8. The van der Waals surface area contributed by atoms with E-state index in [1.807, 2.05) is 0 Å². The van der Waals surface area contributed by atoms with Crippen LogP contribution in [0.3, 0.4) is 0 Å². The first-order chi connectivity index (χ1) is 50.4. The van der Waals surface area contributed by atoms with Gasteiger partial charge in [0.25, 0.3) is 0 Å². The van der Waals surface area contributed by atoms with Crippen molar-refractivity contribution in [2.75, 3.05) is 0 Å². The van der Waals surface area contributed by atoms with E-state index in [9.17, 15) is 0 Å². The summed E-state index contributed by atoms with van der Waals surface area (Å²) in [7, 11) is -18.5. The quantitative estimate of drug-likeness (QED) is 0.0667. The van der Waals surface area contributed by atoms with Crippen molar-refractivity contribution in [3.8, 4) is 139 Å². The Morgan fingerprint density at radius 1 is 0.109 bits per heavy atom. The van der Waals surface area contributed by atoms with E-state index >= 15 is 0 Å². The Bertz CT molecular complexity index is 3440. The van der Waals surface area contributed by atoms with Crippen molar-refractivity contribution >= 4 is 64.6 Å². The lowest BCUT2D eigenvalue weighted by atomic mass is 10.1. The minimum Gasteiger partial charge on any atom is -0.124 e. The lowest BCUT2D eigenvalue weighted by molar-refractivity contribution is 0.838. The number of allylic oxidation sites excluding steroid dienone is 6. The normalized spacial score (nSPS) is 12.5. The predicted octanol–water partition coefficient (Wildman–Crippen LogP) is 30.7. The van der Waals surface area contributed by atoms with Crippen LogP contribution in [0.5, 0.6) is 0 Å². The third kappa shape index (κ3) is 23.9. The van der Waals surface area contributed by atoms with Gasteiger partial charge in [0.1, 0.15) is 70.2 Å². The molecule has 0 atom stereocenters. The van der Waals surface area contributed by atoms with Gasteiger partial charge in [-0.2, -0.15) is 0 Å². The smallest absolute Gasteiger partial charge is 0.124 e. The molecule has 8 heteroatoms. The van der Waals surface area contributed by atoms with Crippen molar-refractivity contribution in [2.45, 2.75) is 465 Å². The molecule has 0 saturated heterocycles. The van der Waals surface area contributed by atoms with Crippen LogP contribution in [0.4, 0.5) is 0 Å². The summed E-state index contributed by atoms with van der Waals surface area (Å²) < 4.78 is 0. The molecule has 0 aliphatic carbocycles. The van der Waals surface area contributed by atoms with Crippen molar-refractivity contribution in [1.82, 2.24) is 0 Å². The molecule has 0 fully saturated rings. The van der Waals surface area contributed by atoms with Gasteiger partial charge in [0.15, 0.2) is 0 Å². The molecule has 608 valence electrons. The van der Waals surface area contributed by atoms with Crippen LogP contribution in [0.1, 0.15) is 332 Å². The largest absolute Gasteiger partial charge is 0.146 e. The molecule has 110 heavy (non-hydrogen) atoms. The zero-order valence-electron chi connectivity index (χ0n) is 80.9. The molecule has 0 aliphatic heterocycles. The summed E-state index contributed by atoms with van der Waals surface area (Å²) in [6, 6.07) is 0. The third-order valence-electron chi connectivity index (χ3n) is 27.8. The highest BCUT2D eigenvalue weighted by molar-refractivity contribution is 6.94. The summed E-state index contributed by atoms with van der Waals surface area (Å²) in [4.78, 5) is 0. The molecule has 0 amide bonds. The highest BCUT2D eigenvalue weighted by Crippen LogP contribution is 2.48. The minimum atomic E-state index is -2.36. The van der Waals surface area contributed by atoms with Crippen LogP contribution in [-0.2, 0) is 0 Å². The summed E-state index contributed by atoms with van der Waals surface area (Å²) in [6.45, 7) is 115. The summed E-state index contributed by atoms with van der Waals surface area (Å²) in [5, 5.41) is 0. The molecule has 0 bridgehead atoms. The molecule has 0 unspecified atom stereocenters. The van der Waals surface area contributed by atoms with Crippen LogP contribution in [-0.4, -0.2) is 64.6 Å². The van der Waals surface area contributed by atoms with E-state index in [4.69, 9.17) is 0 Å². The second-order valence-electron chi connectivity index (χ2n) is 40.4. The fraction of sp³-hybridized carbons (Fsp3) is 0.706. The highest BCUT2D eigenvalue weighted by atomic mass is 28.3. The Balaban J connectivity index is 12.3. The summed E-state index contributed by atoms with van der Waals surface area (Å²) in [5.74, 6) is 60.3. The fourth-order valence-electron chi connectivity index (χ4n) is 22.1. The van der Waals surface area contributed by atoms with Crippen LogP contribution >= 0.6 is 0 Å². The monoisotopic (exact) mass is 1620 g/mol. The lowest BCUT2D eigenvalue weighted by Gasteiger charge is -2.38. The first-order valence-corrected chi connectivity index (χ1v) is 61.7. The molecule has 0 heterocycles. The first kappa shape index (κ1) is 106. The van der Waals surface area contributed by atoms with E-state index in [1.165, 1.54) is 0 Å². The van der Waals surface area contributed by atoms with E-state index in [-0.39, 0.29) is 0 Å². The second kappa shape index (κ2) is 45.3. The zero-order chi connectivity index (χ0) is 86.3. The molecule has 0 spiro atoms. The van der Waals surface area contributed by atoms with E-state index in [2.05, 4.69) is 471 Å². The Hall–Kier alpha value is -4.32. The first-order valence-electron chi connectivity index (χ1n) is 43.9. The van der Waals surface area contributed by atoms with Crippen LogP contribution in [0.2, 0.25) is 133 Å². The van der Waals surface area contributed by atoms with Crippen LogP contribution in [0, 0.1) is 139 Å². The number of rotatable bonds is 24. The Kier molecular flexibility index (Phi) is 43.5. The Morgan fingerprint density at radius 2 is 0.173 bits per heavy atom. The van der Waals surface area contributed by atoms with Gasteiger partial charge in [-0.1, -0.05) is 380 Å². The molecule has 0 saturated carbocycles. The maximum absolute atomic E-state index is 4.15. The molecule has 0 rings (SSSR count). The molecule has 0 N–H and O–H groups in total. The molecule has 0 aromatic carbocycles. The van der Waals surface area contributed by atoms with Crippen molar-refractivity contribution in [2.24, 2.45) is 0 Å². The van der Waals surface area contributed by atoms with Gasteiger partial charge in [0.05, 0.1) is 27.9 Å².